The largest absolute Gasteiger partial charge is 0.467 e. The summed E-state index contributed by atoms with van der Waals surface area (Å²) in [6, 6.07) is 12.7. The van der Waals surface area contributed by atoms with E-state index in [9.17, 15) is 19.1 Å². The molecule has 1 fully saturated rings. The van der Waals surface area contributed by atoms with E-state index < -0.39 is 29.8 Å². The summed E-state index contributed by atoms with van der Waals surface area (Å²) in [4.78, 5) is 26.4. The van der Waals surface area contributed by atoms with Crippen molar-refractivity contribution in [1.29, 1.82) is 0 Å². The van der Waals surface area contributed by atoms with Crippen molar-refractivity contribution >= 4 is 18.0 Å². The number of ether oxygens (including phenoxy) is 2. The molecular formula is C27H29FN2O5. The van der Waals surface area contributed by atoms with Crippen LogP contribution < -0.4 is 5.32 Å². The average molecular weight is 481 g/mol. The van der Waals surface area contributed by atoms with Crippen LogP contribution in [0.5, 0.6) is 0 Å². The maximum absolute atomic E-state index is 14.3. The highest BCUT2D eigenvalue weighted by Crippen LogP contribution is 2.12. The minimum Gasteiger partial charge on any atom is -0.467 e. The summed E-state index contributed by atoms with van der Waals surface area (Å²) in [5.41, 5.74) is 2.66. The van der Waals surface area contributed by atoms with Gasteiger partial charge in [0.1, 0.15) is 0 Å². The Balaban J connectivity index is 1.58. The molecule has 35 heavy (non-hydrogen) atoms. The van der Waals surface area contributed by atoms with Crippen molar-refractivity contribution in [1.82, 2.24) is 10.2 Å². The average Bonchev–Trinajstić information content (AvgIpc) is 2.87. The van der Waals surface area contributed by atoms with E-state index in [0.29, 0.717) is 11.1 Å². The molecule has 7 nitrogen and oxygen atoms in total. The number of hydrogen-bond acceptors (Lipinski definition) is 6. The highest BCUT2D eigenvalue weighted by Gasteiger charge is 2.26. The van der Waals surface area contributed by atoms with Crippen LogP contribution in [0.3, 0.4) is 0 Å². The third-order valence-electron chi connectivity index (χ3n) is 5.48. The number of methoxy groups -OCH3 is 1. The van der Waals surface area contributed by atoms with E-state index >= 15 is 0 Å². The SMILES string of the molecule is COC(=O)[C@@H](NC(=O)c1ccc(C=C(F)C#Cc2ccc(CN3CCOCC3)cc2)cc1)[C@@H](C)O. The smallest absolute Gasteiger partial charge is 0.331 e. The maximum Gasteiger partial charge on any atom is 0.331 e. The molecule has 2 aromatic rings. The third kappa shape index (κ3) is 8.04. The predicted octanol–water partition coefficient (Wildman–Crippen LogP) is 2.53. The van der Waals surface area contributed by atoms with E-state index in [-0.39, 0.29) is 5.56 Å². The van der Waals surface area contributed by atoms with E-state index in [2.05, 4.69) is 26.8 Å². The summed E-state index contributed by atoms with van der Waals surface area (Å²) >= 11 is 0. The van der Waals surface area contributed by atoms with E-state index in [4.69, 9.17) is 4.74 Å². The first kappa shape index (κ1) is 26.1. The van der Waals surface area contributed by atoms with Crippen LogP contribution in [0.25, 0.3) is 6.08 Å². The number of rotatable bonds is 7. The van der Waals surface area contributed by atoms with Crippen LogP contribution in [0.1, 0.15) is 34.0 Å². The van der Waals surface area contributed by atoms with Gasteiger partial charge < -0.3 is 19.9 Å². The molecule has 0 spiro atoms. The number of amides is 1. The molecular weight excluding hydrogens is 451 g/mol. The Labute approximate surface area is 204 Å². The molecule has 184 valence electrons. The normalized spacial score (nSPS) is 15.9. The molecule has 0 aliphatic carbocycles. The fourth-order valence-corrected chi connectivity index (χ4v) is 3.48. The number of hydrogen-bond donors (Lipinski definition) is 2. The lowest BCUT2D eigenvalue weighted by atomic mass is 10.1. The number of aliphatic hydroxyl groups excluding tert-OH is 1. The lowest BCUT2D eigenvalue weighted by Crippen LogP contribution is -2.48. The molecule has 1 aliphatic heterocycles. The fraction of sp³-hybridized carbons (Fsp3) is 0.333. The minimum atomic E-state index is -1.19. The van der Waals surface area contributed by atoms with Crippen molar-refractivity contribution in [3.05, 3.63) is 76.6 Å². The van der Waals surface area contributed by atoms with Crippen LogP contribution in [0.15, 0.2) is 54.4 Å². The molecule has 0 bridgehead atoms. The molecule has 1 amide bonds. The van der Waals surface area contributed by atoms with Gasteiger partial charge in [0.25, 0.3) is 5.91 Å². The molecule has 8 heteroatoms. The topological polar surface area (TPSA) is 88.1 Å². The highest BCUT2D eigenvalue weighted by atomic mass is 19.1. The molecule has 3 rings (SSSR count). The number of carbonyl (C=O) groups is 2. The second-order valence-corrected chi connectivity index (χ2v) is 8.16. The molecule has 0 aromatic heterocycles. The van der Waals surface area contributed by atoms with Crippen molar-refractivity contribution in [2.75, 3.05) is 33.4 Å². The van der Waals surface area contributed by atoms with Crippen molar-refractivity contribution in [2.45, 2.75) is 25.6 Å². The van der Waals surface area contributed by atoms with Crippen molar-refractivity contribution in [3.63, 3.8) is 0 Å². The Morgan fingerprint density at radius 1 is 1.17 bits per heavy atom. The fourth-order valence-electron chi connectivity index (χ4n) is 3.48. The zero-order valence-corrected chi connectivity index (χ0v) is 19.8. The number of allylic oxidation sites excluding steroid dienone is 1. The number of nitrogens with one attached hydrogen (secondary N) is 1. The molecule has 0 unspecified atom stereocenters. The van der Waals surface area contributed by atoms with E-state index in [1.165, 1.54) is 37.8 Å². The Hall–Kier alpha value is -3.51. The minimum absolute atomic E-state index is 0.250. The Morgan fingerprint density at radius 3 is 2.43 bits per heavy atom. The number of morpholine rings is 1. The van der Waals surface area contributed by atoms with E-state index in [1.807, 2.05) is 24.3 Å². The maximum atomic E-state index is 14.3. The summed E-state index contributed by atoms with van der Waals surface area (Å²) in [5.74, 6) is 3.39. The summed E-state index contributed by atoms with van der Waals surface area (Å²) in [6.45, 7) is 5.56. The van der Waals surface area contributed by atoms with Crippen LogP contribution in [0.4, 0.5) is 4.39 Å². The number of halogens is 1. The van der Waals surface area contributed by atoms with Crippen LogP contribution >= 0.6 is 0 Å². The lowest BCUT2D eigenvalue weighted by molar-refractivity contribution is -0.145. The number of benzene rings is 2. The molecule has 2 aromatic carbocycles. The first-order valence-electron chi connectivity index (χ1n) is 11.3. The van der Waals surface area contributed by atoms with Gasteiger partial charge in [0.05, 0.1) is 26.4 Å². The van der Waals surface area contributed by atoms with Crippen LogP contribution in [0.2, 0.25) is 0 Å². The monoisotopic (exact) mass is 480 g/mol. The zero-order valence-electron chi connectivity index (χ0n) is 19.8. The van der Waals surface area contributed by atoms with Crippen LogP contribution in [-0.2, 0) is 20.8 Å². The number of aliphatic hydroxyl groups is 1. The van der Waals surface area contributed by atoms with Gasteiger partial charge in [-0.2, -0.15) is 4.39 Å². The summed E-state index contributed by atoms with van der Waals surface area (Å²) < 4.78 is 24.3. The summed E-state index contributed by atoms with van der Waals surface area (Å²) in [7, 11) is 1.17. The van der Waals surface area contributed by atoms with Crippen molar-refractivity contribution < 1.29 is 28.6 Å². The predicted molar refractivity (Wildman–Crippen MR) is 130 cm³/mol. The Morgan fingerprint density at radius 2 is 1.83 bits per heavy atom. The van der Waals surface area contributed by atoms with Gasteiger partial charge in [0.15, 0.2) is 11.9 Å². The third-order valence-corrected chi connectivity index (χ3v) is 5.48. The van der Waals surface area contributed by atoms with Gasteiger partial charge in [-0.3, -0.25) is 9.69 Å². The molecule has 1 aliphatic rings. The van der Waals surface area contributed by atoms with Gasteiger partial charge >= 0.3 is 5.97 Å². The number of esters is 1. The number of carbonyl (C=O) groups excluding carboxylic acids is 2. The summed E-state index contributed by atoms with van der Waals surface area (Å²) in [6.07, 6.45) is 0.149. The lowest BCUT2D eigenvalue weighted by Gasteiger charge is -2.26. The van der Waals surface area contributed by atoms with Crippen LogP contribution in [0, 0.1) is 11.8 Å². The van der Waals surface area contributed by atoms with Gasteiger partial charge in [-0.1, -0.05) is 30.2 Å². The molecule has 2 N–H and O–H groups in total. The van der Waals surface area contributed by atoms with Gasteiger partial charge in [-0.25, -0.2) is 4.79 Å². The first-order valence-corrected chi connectivity index (χ1v) is 11.3. The van der Waals surface area contributed by atoms with E-state index in [0.717, 1.165) is 32.8 Å². The second kappa shape index (κ2) is 12.8. The van der Waals surface area contributed by atoms with Gasteiger partial charge in [-0.15, -0.1) is 0 Å². The standard InChI is InChI=1S/C27H29FN2O5/c1-19(31)25(27(33)34-2)29-26(32)23-10-7-21(8-11-23)17-24(28)12-9-20-3-5-22(6-4-20)18-30-13-15-35-16-14-30/h3-8,10-11,17,19,25,31H,13-16,18H2,1-2H3,(H,29,32)/t19-,25+/m1/s1. The van der Waals surface area contributed by atoms with Crippen molar-refractivity contribution in [3.8, 4) is 11.8 Å². The molecule has 1 heterocycles. The number of nitrogens with zero attached hydrogens (tertiary/aromatic N) is 1. The first-order chi connectivity index (χ1) is 16.9. The van der Waals surface area contributed by atoms with Gasteiger partial charge in [0.2, 0.25) is 0 Å². The quantitative estimate of drug-likeness (QED) is 0.468. The zero-order chi connectivity index (χ0) is 25.2. The molecule has 0 radical (unpaired) electrons. The summed E-state index contributed by atoms with van der Waals surface area (Å²) in [5, 5.41) is 12.1. The highest BCUT2D eigenvalue weighted by molar-refractivity contribution is 5.97. The Bertz CT molecular complexity index is 1100. The molecule has 0 saturated carbocycles. The Kier molecular flexibility index (Phi) is 9.56. The molecule has 2 atom stereocenters. The van der Waals surface area contributed by atoms with Gasteiger partial charge in [-0.05, 0) is 54.3 Å². The van der Waals surface area contributed by atoms with Gasteiger partial charge in [0, 0.05) is 30.8 Å². The second-order valence-electron chi connectivity index (χ2n) is 8.16. The van der Waals surface area contributed by atoms with E-state index in [1.54, 1.807) is 12.1 Å². The van der Waals surface area contributed by atoms with Crippen molar-refractivity contribution in [2.24, 2.45) is 0 Å². The molecule has 1 saturated heterocycles. The van der Waals surface area contributed by atoms with Crippen LogP contribution in [-0.4, -0.2) is 67.4 Å².